The molecule has 0 saturated heterocycles. The van der Waals surface area contributed by atoms with Crippen LogP contribution < -0.4 is 4.74 Å². The molecule has 1 aromatic heterocycles. The minimum Gasteiger partial charge on any atom is -0.485 e. The monoisotopic (exact) mass is 415 g/mol. The number of benzene rings is 3. The maximum Gasteiger partial charge on any atom is 0.191 e. The molecule has 1 heterocycles. The number of hydrogen-bond donors (Lipinski definition) is 0. The van der Waals surface area contributed by atoms with Crippen molar-refractivity contribution in [1.82, 2.24) is 14.8 Å². The van der Waals surface area contributed by atoms with Gasteiger partial charge in [-0.2, -0.15) is 0 Å². The number of aromatic nitrogens is 3. The fraction of sp³-hybridized carbons (Fsp3) is 0.200. The highest BCUT2D eigenvalue weighted by atomic mass is 32.2. The van der Waals surface area contributed by atoms with E-state index in [1.807, 2.05) is 6.08 Å². The lowest BCUT2D eigenvalue weighted by Crippen LogP contribution is -2.08. The molecule has 152 valence electrons. The number of aryl methyl sites for hydroxylation is 2. The van der Waals surface area contributed by atoms with Gasteiger partial charge in [0.05, 0.1) is 0 Å². The molecular weight excluding hydrogens is 390 g/mol. The normalized spacial score (nSPS) is 11.0. The van der Waals surface area contributed by atoms with Crippen molar-refractivity contribution >= 4 is 22.5 Å². The Balaban J connectivity index is 1.52. The number of allylic oxidation sites excluding steroid dienone is 1. The lowest BCUT2D eigenvalue weighted by atomic mass is 10.1. The van der Waals surface area contributed by atoms with Crippen molar-refractivity contribution in [2.75, 3.05) is 0 Å². The summed E-state index contributed by atoms with van der Waals surface area (Å²) in [7, 11) is 0. The number of ether oxygens (including phenoxy) is 1. The maximum absolute atomic E-state index is 6.06. The molecule has 0 atom stereocenters. The van der Waals surface area contributed by atoms with Crippen molar-refractivity contribution < 1.29 is 4.74 Å². The molecule has 0 radical (unpaired) electrons. The third-order valence-corrected chi connectivity index (χ3v) is 6.06. The zero-order chi connectivity index (χ0) is 20.9. The van der Waals surface area contributed by atoms with Gasteiger partial charge in [0, 0.05) is 12.3 Å². The molecule has 0 bridgehead atoms. The molecule has 4 rings (SSSR count). The van der Waals surface area contributed by atoms with Gasteiger partial charge >= 0.3 is 0 Å². The zero-order valence-electron chi connectivity index (χ0n) is 17.3. The molecular formula is C25H25N3OS. The summed E-state index contributed by atoms with van der Waals surface area (Å²) < 4.78 is 8.13. The van der Waals surface area contributed by atoms with E-state index in [0.29, 0.717) is 13.2 Å². The number of rotatable bonds is 8. The minimum atomic E-state index is 0.375. The molecule has 0 fully saturated rings. The topological polar surface area (TPSA) is 39.9 Å². The Morgan fingerprint density at radius 2 is 1.87 bits per heavy atom. The van der Waals surface area contributed by atoms with Gasteiger partial charge in [-0.1, -0.05) is 72.4 Å². The van der Waals surface area contributed by atoms with Crippen LogP contribution in [0.25, 0.3) is 10.8 Å². The van der Waals surface area contributed by atoms with Crippen molar-refractivity contribution in [2.45, 2.75) is 37.9 Å². The Hall–Kier alpha value is -3.05. The van der Waals surface area contributed by atoms with Crippen LogP contribution in [0.1, 0.15) is 22.5 Å². The van der Waals surface area contributed by atoms with Crippen molar-refractivity contribution in [3.63, 3.8) is 0 Å². The van der Waals surface area contributed by atoms with E-state index < -0.39 is 0 Å². The van der Waals surface area contributed by atoms with Gasteiger partial charge < -0.3 is 4.74 Å². The summed E-state index contributed by atoms with van der Waals surface area (Å²) in [5.41, 5.74) is 3.58. The van der Waals surface area contributed by atoms with E-state index >= 15 is 0 Å². The quantitative estimate of drug-likeness (QED) is 0.257. The molecule has 0 saturated carbocycles. The number of thioether (sulfide) groups is 1. The van der Waals surface area contributed by atoms with Crippen LogP contribution in [-0.4, -0.2) is 14.8 Å². The van der Waals surface area contributed by atoms with Gasteiger partial charge in [0.1, 0.15) is 12.4 Å². The molecule has 4 aromatic rings. The summed E-state index contributed by atoms with van der Waals surface area (Å²) in [6.45, 7) is 9.03. The van der Waals surface area contributed by atoms with E-state index in [4.69, 9.17) is 4.74 Å². The smallest absolute Gasteiger partial charge is 0.191 e. The van der Waals surface area contributed by atoms with Crippen LogP contribution >= 0.6 is 11.8 Å². The number of nitrogens with zero attached hydrogens (tertiary/aromatic N) is 3. The van der Waals surface area contributed by atoms with Crippen LogP contribution in [0.2, 0.25) is 0 Å². The SMILES string of the molecule is C=CCn1c(COc2cc(C)ccc2C)nnc1SCc1cccc2ccccc12. The average Bonchev–Trinajstić information content (AvgIpc) is 3.14. The Bertz CT molecular complexity index is 1180. The lowest BCUT2D eigenvalue weighted by Gasteiger charge is -2.11. The minimum absolute atomic E-state index is 0.375. The highest BCUT2D eigenvalue weighted by molar-refractivity contribution is 7.98. The van der Waals surface area contributed by atoms with Crippen molar-refractivity contribution in [1.29, 1.82) is 0 Å². The maximum atomic E-state index is 6.06. The molecule has 0 aliphatic heterocycles. The Labute approximate surface area is 181 Å². The summed E-state index contributed by atoms with van der Waals surface area (Å²) in [6.07, 6.45) is 1.87. The van der Waals surface area contributed by atoms with E-state index in [0.717, 1.165) is 28.0 Å². The second-order valence-electron chi connectivity index (χ2n) is 7.28. The first kappa shape index (κ1) is 20.2. The molecule has 0 N–H and O–H groups in total. The van der Waals surface area contributed by atoms with E-state index in [2.05, 4.69) is 95.9 Å². The van der Waals surface area contributed by atoms with Crippen molar-refractivity contribution in [3.8, 4) is 5.75 Å². The third kappa shape index (κ3) is 4.41. The van der Waals surface area contributed by atoms with Gasteiger partial charge in [-0.25, -0.2) is 0 Å². The van der Waals surface area contributed by atoms with Crippen molar-refractivity contribution in [2.24, 2.45) is 0 Å². The standard InChI is InChI=1S/C25H25N3OS/c1-4-14-28-24(16-29-23-15-18(2)12-13-19(23)3)26-27-25(28)30-17-21-10-7-9-20-8-5-6-11-22(20)21/h4-13,15H,1,14,16-17H2,2-3H3. The van der Waals surface area contributed by atoms with Crippen LogP contribution in [0, 0.1) is 13.8 Å². The molecule has 0 aliphatic carbocycles. The fourth-order valence-electron chi connectivity index (χ4n) is 3.41. The largest absolute Gasteiger partial charge is 0.485 e. The summed E-state index contributed by atoms with van der Waals surface area (Å²) in [5.74, 6) is 2.51. The van der Waals surface area contributed by atoms with Gasteiger partial charge in [-0.05, 0) is 47.4 Å². The first-order chi connectivity index (χ1) is 14.7. The van der Waals surface area contributed by atoms with Crippen molar-refractivity contribution in [3.05, 3.63) is 95.8 Å². The second kappa shape index (κ2) is 9.18. The predicted molar refractivity (Wildman–Crippen MR) is 124 cm³/mol. The zero-order valence-corrected chi connectivity index (χ0v) is 18.2. The Morgan fingerprint density at radius 1 is 1.03 bits per heavy atom. The highest BCUT2D eigenvalue weighted by Gasteiger charge is 2.14. The molecule has 0 unspecified atom stereocenters. The fourth-order valence-corrected chi connectivity index (χ4v) is 4.38. The van der Waals surface area contributed by atoms with Gasteiger partial charge in [-0.3, -0.25) is 4.57 Å². The van der Waals surface area contributed by atoms with Crippen LogP contribution in [0.4, 0.5) is 0 Å². The molecule has 5 heteroatoms. The predicted octanol–water partition coefficient (Wildman–Crippen LogP) is 6.11. The summed E-state index contributed by atoms with van der Waals surface area (Å²) >= 11 is 1.69. The molecule has 30 heavy (non-hydrogen) atoms. The molecule has 0 spiro atoms. The second-order valence-corrected chi connectivity index (χ2v) is 8.23. The molecule has 4 nitrogen and oxygen atoms in total. The van der Waals surface area contributed by atoms with Crippen LogP contribution in [0.5, 0.6) is 5.75 Å². The van der Waals surface area contributed by atoms with Gasteiger partial charge in [0.2, 0.25) is 0 Å². The molecule has 0 aliphatic rings. The van der Waals surface area contributed by atoms with Crippen LogP contribution in [0.3, 0.4) is 0 Å². The Morgan fingerprint density at radius 3 is 2.73 bits per heavy atom. The lowest BCUT2D eigenvalue weighted by molar-refractivity contribution is 0.287. The third-order valence-electron chi connectivity index (χ3n) is 5.04. The van der Waals surface area contributed by atoms with E-state index in [1.165, 1.54) is 21.9 Å². The molecule has 3 aromatic carbocycles. The summed E-state index contributed by atoms with van der Waals surface area (Å²) in [5, 5.41) is 12.2. The van der Waals surface area contributed by atoms with E-state index in [-0.39, 0.29) is 0 Å². The first-order valence-electron chi connectivity index (χ1n) is 9.98. The van der Waals surface area contributed by atoms with Crippen LogP contribution in [-0.2, 0) is 18.9 Å². The van der Waals surface area contributed by atoms with Gasteiger partial charge in [-0.15, -0.1) is 16.8 Å². The van der Waals surface area contributed by atoms with Gasteiger partial charge in [0.25, 0.3) is 0 Å². The summed E-state index contributed by atoms with van der Waals surface area (Å²) in [6, 6.07) is 21.1. The number of hydrogen-bond acceptors (Lipinski definition) is 4. The average molecular weight is 416 g/mol. The van der Waals surface area contributed by atoms with Crippen LogP contribution in [0.15, 0.2) is 78.5 Å². The Kier molecular flexibility index (Phi) is 6.19. The first-order valence-corrected chi connectivity index (χ1v) is 11.0. The molecule has 0 amide bonds. The highest BCUT2D eigenvalue weighted by Crippen LogP contribution is 2.27. The number of fused-ring (bicyclic) bond motifs is 1. The summed E-state index contributed by atoms with van der Waals surface area (Å²) in [4.78, 5) is 0. The van der Waals surface area contributed by atoms with E-state index in [1.54, 1.807) is 11.8 Å². The van der Waals surface area contributed by atoms with Gasteiger partial charge in [0.15, 0.2) is 11.0 Å². The van der Waals surface area contributed by atoms with E-state index in [9.17, 15) is 0 Å².